The third kappa shape index (κ3) is 6.52. The number of ether oxygens (including phenoxy) is 3. The molecule has 0 fully saturated rings. The largest absolute Gasteiger partial charge is 0.493 e. The lowest BCUT2D eigenvalue weighted by molar-refractivity contribution is 0.0948. The summed E-state index contributed by atoms with van der Waals surface area (Å²) in [5, 5.41) is 5.36. The maximum Gasteiger partial charge on any atom is 0.251 e. The van der Waals surface area contributed by atoms with Crippen LogP contribution >= 0.6 is 11.3 Å². The highest BCUT2D eigenvalue weighted by atomic mass is 32.1. The molecular formula is C25H39NO5SSi. The van der Waals surface area contributed by atoms with Crippen LogP contribution < -0.4 is 19.5 Å². The molecule has 1 N–H and O–H groups in total. The molecule has 0 spiro atoms. The molecule has 2 aromatic rings. The van der Waals surface area contributed by atoms with E-state index in [9.17, 15) is 4.79 Å². The zero-order chi connectivity index (χ0) is 24.8. The van der Waals surface area contributed by atoms with Crippen molar-refractivity contribution < 1.29 is 23.4 Å². The van der Waals surface area contributed by atoms with E-state index in [1.807, 2.05) is 13.0 Å². The molecule has 184 valence electrons. The number of carbonyl (C=O) groups excluding carboxylic acids is 1. The number of amides is 1. The highest BCUT2D eigenvalue weighted by Gasteiger charge is 2.37. The Hall–Kier alpha value is -2.03. The number of rotatable bonds is 11. The van der Waals surface area contributed by atoms with Crippen molar-refractivity contribution in [2.75, 3.05) is 34.5 Å². The van der Waals surface area contributed by atoms with Crippen LogP contribution in [0.3, 0.4) is 0 Å². The molecule has 0 bridgehead atoms. The van der Waals surface area contributed by atoms with Gasteiger partial charge in [-0.2, -0.15) is 0 Å². The molecule has 0 saturated heterocycles. The minimum Gasteiger partial charge on any atom is -0.493 e. The first-order valence-corrected chi connectivity index (χ1v) is 15.0. The lowest BCUT2D eigenvalue weighted by Crippen LogP contribution is -2.41. The second-order valence-corrected chi connectivity index (χ2v) is 15.4. The first kappa shape index (κ1) is 27.2. The molecule has 2 rings (SSSR count). The van der Waals surface area contributed by atoms with E-state index >= 15 is 0 Å². The number of hydrogen-bond acceptors (Lipinski definition) is 6. The Balaban J connectivity index is 2.16. The molecule has 6 nitrogen and oxygen atoms in total. The molecule has 0 aliphatic rings. The van der Waals surface area contributed by atoms with Crippen molar-refractivity contribution in [1.29, 1.82) is 0 Å². The van der Waals surface area contributed by atoms with Crippen molar-refractivity contribution in [1.82, 2.24) is 5.32 Å². The molecule has 1 heterocycles. The predicted molar refractivity (Wildman–Crippen MR) is 138 cm³/mol. The molecule has 1 atom stereocenters. The molecule has 1 amide bonds. The van der Waals surface area contributed by atoms with Crippen LogP contribution in [0.25, 0.3) is 0 Å². The van der Waals surface area contributed by atoms with E-state index in [0.717, 1.165) is 6.42 Å². The third-order valence-corrected chi connectivity index (χ3v) is 12.1. The van der Waals surface area contributed by atoms with E-state index in [1.54, 1.807) is 38.7 Å². The van der Waals surface area contributed by atoms with Crippen molar-refractivity contribution in [2.24, 2.45) is 0 Å². The van der Waals surface area contributed by atoms with Crippen LogP contribution in [0.5, 0.6) is 17.2 Å². The van der Waals surface area contributed by atoms with Gasteiger partial charge in [0.2, 0.25) is 5.75 Å². The van der Waals surface area contributed by atoms with E-state index < -0.39 is 8.32 Å². The summed E-state index contributed by atoms with van der Waals surface area (Å²) < 4.78 is 22.8. The fourth-order valence-electron chi connectivity index (χ4n) is 3.39. The summed E-state index contributed by atoms with van der Waals surface area (Å²) in [6.07, 6.45) is 0.849. The highest BCUT2D eigenvalue weighted by molar-refractivity contribution is 7.10. The van der Waals surface area contributed by atoms with E-state index in [1.165, 1.54) is 4.88 Å². The smallest absolute Gasteiger partial charge is 0.251 e. The van der Waals surface area contributed by atoms with Crippen LogP contribution in [0.15, 0.2) is 23.6 Å². The number of methoxy groups -OCH3 is 3. The lowest BCUT2D eigenvalue weighted by Gasteiger charge is -2.36. The summed E-state index contributed by atoms with van der Waals surface area (Å²) in [4.78, 5) is 14.4. The summed E-state index contributed by atoms with van der Waals surface area (Å²) in [6, 6.07) is 5.87. The van der Waals surface area contributed by atoms with Gasteiger partial charge < -0.3 is 24.0 Å². The maximum absolute atomic E-state index is 13.2. The van der Waals surface area contributed by atoms with Crippen LogP contribution in [-0.2, 0) is 4.43 Å². The Morgan fingerprint density at radius 3 is 2.30 bits per heavy atom. The minimum absolute atomic E-state index is 0.168. The van der Waals surface area contributed by atoms with Gasteiger partial charge in [0.25, 0.3) is 5.91 Å². The Morgan fingerprint density at radius 2 is 1.79 bits per heavy atom. The molecule has 33 heavy (non-hydrogen) atoms. The van der Waals surface area contributed by atoms with Crippen LogP contribution in [0, 0.1) is 6.92 Å². The third-order valence-electron chi connectivity index (χ3n) is 6.51. The number of benzene rings is 1. The zero-order valence-electron chi connectivity index (χ0n) is 21.5. The van der Waals surface area contributed by atoms with Crippen molar-refractivity contribution in [3.05, 3.63) is 39.6 Å². The molecule has 0 aliphatic heterocycles. The minimum atomic E-state index is -1.82. The molecule has 1 aromatic heterocycles. The van der Waals surface area contributed by atoms with Gasteiger partial charge in [0.1, 0.15) is 0 Å². The monoisotopic (exact) mass is 493 g/mol. The normalized spacial score (nSPS) is 12.9. The van der Waals surface area contributed by atoms with Crippen molar-refractivity contribution >= 4 is 25.6 Å². The topological polar surface area (TPSA) is 66.0 Å². The lowest BCUT2D eigenvalue weighted by atomic mass is 10.0. The number of hydrogen-bond donors (Lipinski definition) is 1. The maximum atomic E-state index is 13.2. The first-order valence-electron chi connectivity index (χ1n) is 11.2. The van der Waals surface area contributed by atoms with Crippen LogP contribution in [-0.4, -0.2) is 48.7 Å². The van der Waals surface area contributed by atoms with E-state index in [2.05, 4.69) is 50.6 Å². The Bertz CT molecular complexity index is 922. The van der Waals surface area contributed by atoms with Gasteiger partial charge in [0.05, 0.1) is 21.3 Å². The highest BCUT2D eigenvalue weighted by Crippen LogP contribution is 2.41. The van der Waals surface area contributed by atoms with E-state index in [-0.39, 0.29) is 16.9 Å². The van der Waals surface area contributed by atoms with E-state index in [4.69, 9.17) is 18.6 Å². The Morgan fingerprint density at radius 1 is 1.12 bits per heavy atom. The predicted octanol–water partition coefficient (Wildman–Crippen LogP) is 6.01. The van der Waals surface area contributed by atoms with Crippen molar-refractivity contribution in [3.8, 4) is 17.2 Å². The van der Waals surface area contributed by atoms with Gasteiger partial charge in [-0.05, 0) is 49.0 Å². The van der Waals surface area contributed by atoms with Gasteiger partial charge >= 0.3 is 0 Å². The van der Waals surface area contributed by atoms with E-state index in [0.29, 0.717) is 41.5 Å². The summed E-state index contributed by atoms with van der Waals surface area (Å²) >= 11 is 1.71. The van der Waals surface area contributed by atoms with Crippen LogP contribution in [0.4, 0.5) is 0 Å². The second kappa shape index (κ2) is 11.4. The Kier molecular flexibility index (Phi) is 9.40. The van der Waals surface area contributed by atoms with Gasteiger partial charge in [-0.1, -0.05) is 26.8 Å². The van der Waals surface area contributed by atoms with Crippen LogP contribution in [0.1, 0.15) is 53.9 Å². The average molecular weight is 494 g/mol. The summed E-state index contributed by atoms with van der Waals surface area (Å²) in [5.74, 6) is 1.45. The fraction of sp³-hybridized carbons (Fsp3) is 0.560. The molecular weight excluding hydrogens is 454 g/mol. The van der Waals surface area contributed by atoms with Crippen molar-refractivity contribution in [3.63, 3.8) is 0 Å². The number of carbonyl (C=O) groups is 1. The standard InChI is InChI=1S/C25H39NO5SSi/c1-17-19(15-20(28-5)23(30-7)22(17)29-6)24(27)26-16-18(21-11-10-14-32-21)12-13-31-33(8,9)25(2,3)4/h10-11,14-15,18H,12-13,16H2,1-9H3,(H,26,27). The number of thiophene rings is 1. The number of nitrogens with one attached hydrogen (secondary N) is 1. The van der Waals surface area contributed by atoms with Crippen molar-refractivity contribution in [2.45, 2.75) is 58.2 Å². The van der Waals surface area contributed by atoms with Gasteiger partial charge in [-0.15, -0.1) is 11.3 Å². The summed E-state index contributed by atoms with van der Waals surface area (Å²) in [6.45, 7) is 14.3. The average Bonchev–Trinajstić information content (AvgIpc) is 3.29. The summed E-state index contributed by atoms with van der Waals surface area (Å²) in [5.41, 5.74) is 1.22. The molecule has 0 radical (unpaired) electrons. The molecule has 8 heteroatoms. The summed E-state index contributed by atoms with van der Waals surface area (Å²) in [7, 11) is 2.84. The van der Waals surface area contributed by atoms with Gasteiger partial charge in [-0.3, -0.25) is 4.79 Å². The fourth-order valence-corrected chi connectivity index (χ4v) is 5.31. The quantitative estimate of drug-likeness (QED) is 0.389. The zero-order valence-corrected chi connectivity index (χ0v) is 23.3. The van der Waals surface area contributed by atoms with Gasteiger partial charge in [-0.25, -0.2) is 0 Å². The SMILES string of the molecule is COc1cc(C(=O)NCC(CCO[Si](C)(C)C(C)(C)C)c2cccs2)c(C)c(OC)c1OC. The molecule has 1 unspecified atom stereocenters. The second-order valence-electron chi connectivity index (χ2n) is 9.64. The van der Waals surface area contributed by atoms with Crippen LogP contribution in [0.2, 0.25) is 18.1 Å². The molecule has 1 aromatic carbocycles. The van der Waals surface area contributed by atoms with Gasteiger partial charge in [0, 0.05) is 35.1 Å². The Labute approximate surface area is 203 Å². The van der Waals surface area contributed by atoms with Gasteiger partial charge in [0.15, 0.2) is 19.8 Å². The first-order chi connectivity index (χ1) is 15.5. The molecule has 0 saturated carbocycles. The molecule has 0 aliphatic carbocycles.